The van der Waals surface area contributed by atoms with E-state index in [-0.39, 0.29) is 25.7 Å². The van der Waals surface area contributed by atoms with Crippen LogP contribution < -0.4 is 0 Å². The summed E-state index contributed by atoms with van der Waals surface area (Å²) in [6.07, 6.45) is 47.1. The number of rotatable bonds is 67. The van der Waals surface area contributed by atoms with Gasteiger partial charge in [-0.3, -0.25) is 37.3 Å². The van der Waals surface area contributed by atoms with Crippen molar-refractivity contribution in [2.45, 2.75) is 361 Å². The SMILES string of the molecule is CCCCCCCCCCCCCCCCCCC(=O)O[C@H](COC(=O)CCCCCCCCCCCC)COP(=O)(O)OC[C@@H](O)COP(=O)(O)OC[C@@H](COC(=O)CCCCCCCCCCC)OC(=O)CCCCCCCCCCCC. The first kappa shape index (κ1) is 83.1. The van der Waals surface area contributed by atoms with Crippen LogP contribution in [-0.2, 0) is 65.4 Å². The predicted molar refractivity (Wildman–Crippen MR) is 340 cm³/mol. The third-order valence-electron chi connectivity index (χ3n) is 15.4. The molecule has 0 amide bonds. The van der Waals surface area contributed by atoms with E-state index in [9.17, 15) is 43.2 Å². The van der Waals surface area contributed by atoms with Crippen LogP contribution in [0.2, 0.25) is 0 Å². The van der Waals surface area contributed by atoms with E-state index in [1.807, 2.05) is 0 Å². The van der Waals surface area contributed by atoms with Crippen molar-refractivity contribution in [2.24, 2.45) is 0 Å². The molecule has 0 bridgehead atoms. The third kappa shape index (κ3) is 60.7. The van der Waals surface area contributed by atoms with Gasteiger partial charge in [-0.2, -0.15) is 0 Å². The van der Waals surface area contributed by atoms with E-state index in [2.05, 4.69) is 27.7 Å². The number of ether oxygens (including phenoxy) is 4. The molecule has 0 radical (unpaired) electrons. The number of aliphatic hydroxyl groups is 1. The Morgan fingerprint density at radius 3 is 0.694 bits per heavy atom. The van der Waals surface area contributed by atoms with Crippen molar-refractivity contribution in [2.75, 3.05) is 39.6 Å². The van der Waals surface area contributed by atoms with E-state index in [0.29, 0.717) is 25.7 Å². The van der Waals surface area contributed by atoms with Crippen LogP contribution in [0.5, 0.6) is 0 Å². The lowest BCUT2D eigenvalue weighted by atomic mass is 10.0. The van der Waals surface area contributed by atoms with Gasteiger partial charge in [0.2, 0.25) is 0 Å². The van der Waals surface area contributed by atoms with Gasteiger partial charge in [0.05, 0.1) is 26.4 Å². The Hall–Kier alpha value is -1.94. The molecule has 0 aliphatic heterocycles. The lowest BCUT2D eigenvalue weighted by Gasteiger charge is -2.21. The fourth-order valence-corrected chi connectivity index (χ4v) is 11.6. The number of unbranched alkanes of at least 4 members (excludes halogenated alkanes) is 41. The van der Waals surface area contributed by atoms with Crippen molar-refractivity contribution in [1.82, 2.24) is 0 Å². The van der Waals surface area contributed by atoms with E-state index in [1.165, 1.54) is 173 Å². The quantitative estimate of drug-likeness (QED) is 0.0222. The van der Waals surface area contributed by atoms with E-state index in [4.69, 9.17) is 37.0 Å². The van der Waals surface area contributed by atoms with Crippen molar-refractivity contribution in [3.05, 3.63) is 0 Å². The maximum absolute atomic E-state index is 13.0. The smallest absolute Gasteiger partial charge is 0.462 e. The lowest BCUT2D eigenvalue weighted by molar-refractivity contribution is -0.161. The summed E-state index contributed by atoms with van der Waals surface area (Å²) < 4.78 is 68.0. The Morgan fingerprint density at radius 2 is 0.471 bits per heavy atom. The maximum Gasteiger partial charge on any atom is 0.472 e. The molecular weight excluding hydrogens is 1130 g/mol. The van der Waals surface area contributed by atoms with Gasteiger partial charge in [0.25, 0.3) is 0 Å². The zero-order chi connectivity index (χ0) is 62.6. The average Bonchev–Trinajstić information content (AvgIpc) is 3.59. The fraction of sp³-hybridized carbons (Fsp3) is 0.939. The second-order valence-corrected chi connectivity index (χ2v) is 26.8. The molecule has 2 unspecified atom stereocenters. The van der Waals surface area contributed by atoms with Crippen LogP contribution in [-0.4, -0.2) is 96.7 Å². The molecule has 0 aliphatic rings. The molecule has 0 saturated carbocycles. The highest BCUT2D eigenvalue weighted by Gasteiger charge is 2.30. The van der Waals surface area contributed by atoms with Crippen LogP contribution in [0.25, 0.3) is 0 Å². The Balaban J connectivity index is 5.20. The standard InChI is InChI=1S/C66H128O17P2/c1-5-9-13-17-21-25-28-29-30-31-32-33-37-41-45-49-53-66(71)83-62(57-77-64(69)51-47-43-39-35-26-22-18-14-10-6-2)59-81-85(74,75)79-55-60(67)54-78-84(72,73)80-58-61(56-76-63(68)50-46-42-38-34-24-20-16-12-8-4)82-65(70)52-48-44-40-36-27-23-19-15-11-7-3/h60-62,67H,5-59H2,1-4H3,(H,72,73)(H,74,75)/t60-,61+,62+/m0/s1. The summed E-state index contributed by atoms with van der Waals surface area (Å²) in [4.78, 5) is 72.2. The first-order valence-electron chi connectivity index (χ1n) is 34.8. The summed E-state index contributed by atoms with van der Waals surface area (Å²) in [5, 5.41) is 10.5. The highest BCUT2D eigenvalue weighted by atomic mass is 31.2. The number of phosphoric ester groups is 2. The number of esters is 4. The molecular formula is C66H128O17P2. The van der Waals surface area contributed by atoms with Crippen molar-refractivity contribution in [3.63, 3.8) is 0 Å². The van der Waals surface area contributed by atoms with Gasteiger partial charge in [-0.15, -0.1) is 0 Å². The summed E-state index contributed by atoms with van der Waals surface area (Å²) in [7, 11) is -9.88. The normalized spacial score (nSPS) is 14.1. The monoisotopic (exact) mass is 1250 g/mol. The minimum absolute atomic E-state index is 0.107. The third-order valence-corrected chi connectivity index (χ3v) is 17.3. The molecule has 17 nitrogen and oxygen atoms in total. The van der Waals surface area contributed by atoms with Crippen LogP contribution >= 0.6 is 15.6 Å². The molecule has 0 aromatic carbocycles. The van der Waals surface area contributed by atoms with E-state index in [0.717, 1.165) is 89.9 Å². The summed E-state index contributed by atoms with van der Waals surface area (Å²) >= 11 is 0. The predicted octanol–water partition coefficient (Wildman–Crippen LogP) is 18.7. The average molecular weight is 1260 g/mol. The fourth-order valence-electron chi connectivity index (χ4n) is 9.99. The largest absolute Gasteiger partial charge is 0.472 e. The van der Waals surface area contributed by atoms with Gasteiger partial charge in [-0.05, 0) is 25.7 Å². The Kier molecular flexibility index (Phi) is 59.6. The highest BCUT2D eigenvalue weighted by molar-refractivity contribution is 7.47. The van der Waals surface area contributed by atoms with Gasteiger partial charge < -0.3 is 33.8 Å². The van der Waals surface area contributed by atoms with Gasteiger partial charge >= 0.3 is 39.5 Å². The minimum atomic E-state index is -4.94. The molecule has 0 heterocycles. The first-order valence-corrected chi connectivity index (χ1v) is 37.8. The van der Waals surface area contributed by atoms with Gasteiger partial charge in [-0.1, -0.05) is 291 Å². The molecule has 0 fully saturated rings. The number of hydrogen-bond donors (Lipinski definition) is 3. The lowest BCUT2D eigenvalue weighted by Crippen LogP contribution is -2.30. The number of phosphoric acid groups is 2. The topological polar surface area (TPSA) is 237 Å². The van der Waals surface area contributed by atoms with Crippen LogP contribution in [0.4, 0.5) is 0 Å². The van der Waals surface area contributed by atoms with E-state index in [1.54, 1.807) is 0 Å². The van der Waals surface area contributed by atoms with Gasteiger partial charge in [0.1, 0.15) is 19.3 Å². The number of aliphatic hydroxyl groups excluding tert-OH is 1. The molecule has 0 spiro atoms. The Bertz CT molecular complexity index is 1640. The molecule has 0 aromatic heterocycles. The van der Waals surface area contributed by atoms with E-state index >= 15 is 0 Å². The summed E-state index contributed by atoms with van der Waals surface area (Å²) in [5.41, 5.74) is 0. The number of carbonyl (C=O) groups excluding carboxylic acids is 4. The van der Waals surface area contributed by atoms with Gasteiger partial charge in [0, 0.05) is 25.7 Å². The van der Waals surface area contributed by atoms with Crippen molar-refractivity contribution >= 4 is 39.5 Å². The molecule has 0 aliphatic carbocycles. The summed E-state index contributed by atoms with van der Waals surface area (Å²) in [6.45, 7) is 4.89. The van der Waals surface area contributed by atoms with Crippen LogP contribution in [0.3, 0.4) is 0 Å². The van der Waals surface area contributed by atoms with Crippen molar-refractivity contribution in [1.29, 1.82) is 0 Å². The molecule has 0 aromatic rings. The number of hydrogen-bond acceptors (Lipinski definition) is 15. The van der Waals surface area contributed by atoms with Crippen molar-refractivity contribution in [3.8, 4) is 0 Å². The molecule has 85 heavy (non-hydrogen) atoms. The number of carbonyl (C=O) groups is 4. The first-order chi connectivity index (χ1) is 41.2. The summed E-state index contributed by atoms with van der Waals surface area (Å²) in [5.74, 6) is -2.13. The van der Waals surface area contributed by atoms with Crippen LogP contribution in [0.15, 0.2) is 0 Å². The minimum Gasteiger partial charge on any atom is -0.462 e. The zero-order valence-corrected chi connectivity index (χ0v) is 56.4. The summed E-state index contributed by atoms with van der Waals surface area (Å²) in [6, 6.07) is 0. The Morgan fingerprint density at radius 1 is 0.282 bits per heavy atom. The zero-order valence-electron chi connectivity index (χ0n) is 54.6. The van der Waals surface area contributed by atoms with E-state index < -0.39 is 97.5 Å². The molecule has 5 atom stereocenters. The van der Waals surface area contributed by atoms with Crippen LogP contribution in [0, 0.1) is 0 Å². The second kappa shape index (κ2) is 60.9. The molecule has 0 rings (SSSR count). The van der Waals surface area contributed by atoms with Crippen molar-refractivity contribution < 1.29 is 80.2 Å². The molecule has 3 N–H and O–H groups in total. The Labute approximate surface area is 517 Å². The molecule has 0 saturated heterocycles. The van der Waals surface area contributed by atoms with Gasteiger partial charge in [0.15, 0.2) is 12.2 Å². The maximum atomic E-state index is 13.0. The van der Waals surface area contributed by atoms with Gasteiger partial charge in [-0.25, -0.2) is 9.13 Å². The molecule has 19 heteroatoms. The molecule has 504 valence electrons. The second-order valence-electron chi connectivity index (χ2n) is 23.9. The van der Waals surface area contributed by atoms with Crippen LogP contribution in [0.1, 0.15) is 342 Å². The highest BCUT2D eigenvalue weighted by Crippen LogP contribution is 2.45.